The van der Waals surface area contributed by atoms with Gasteiger partial charge in [-0.2, -0.15) is 0 Å². The molecule has 0 saturated carbocycles. The number of rotatable bonds is 3. The van der Waals surface area contributed by atoms with Crippen LogP contribution in [0.2, 0.25) is 0 Å². The zero-order chi connectivity index (χ0) is 15.4. The van der Waals surface area contributed by atoms with E-state index in [4.69, 9.17) is 11.6 Å². The number of amides is 1. The van der Waals surface area contributed by atoms with E-state index < -0.39 is 5.38 Å². The molecule has 22 heavy (non-hydrogen) atoms. The molecule has 4 heteroatoms. The fraction of sp³-hybridized carbons (Fsp3) is 0.278. The number of halogens is 1. The van der Waals surface area contributed by atoms with Crippen LogP contribution in [0.3, 0.4) is 0 Å². The van der Waals surface area contributed by atoms with Crippen molar-refractivity contribution >= 4 is 23.2 Å². The summed E-state index contributed by atoms with van der Waals surface area (Å²) < 4.78 is 0. The van der Waals surface area contributed by atoms with Gasteiger partial charge in [0.05, 0.1) is 26.2 Å². The van der Waals surface area contributed by atoms with E-state index in [1.54, 1.807) is 0 Å². The molecule has 1 saturated heterocycles. The number of carbonyl (C=O) groups excluding carboxylic acids is 1. The number of nitrogens with zero attached hydrogens (tertiary/aromatic N) is 1. The standard InChI is InChI=1S/C18H19ClN2O/c19-17(15-7-3-1-4-8-15)18(22)21-13-11-20(12-14-21)16-9-5-2-6-10-16/h1-10,17H,11-14H2/p+1. The molecule has 0 spiro atoms. The van der Waals surface area contributed by atoms with Crippen molar-refractivity contribution in [2.45, 2.75) is 5.38 Å². The van der Waals surface area contributed by atoms with Crippen LogP contribution >= 0.6 is 11.6 Å². The molecule has 2 aromatic carbocycles. The lowest BCUT2D eigenvalue weighted by Crippen LogP contribution is -3.10. The lowest BCUT2D eigenvalue weighted by molar-refractivity contribution is -0.837. The quantitative estimate of drug-likeness (QED) is 0.861. The fourth-order valence-electron chi connectivity index (χ4n) is 2.88. The molecular formula is C18H20ClN2O+. The Morgan fingerprint density at radius 2 is 1.50 bits per heavy atom. The van der Waals surface area contributed by atoms with Crippen LogP contribution in [-0.4, -0.2) is 37.0 Å². The molecule has 1 fully saturated rings. The van der Waals surface area contributed by atoms with E-state index in [0.717, 1.165) is 31.7 Å². The van der Waals surface area contributed by atoms with Gasteiger partial charge in [-0.15, -0.1) is 11.6 Å². The monoisotopic (exact) mass is 315 g/mol. The number of alkyl halides is 1. The van der Waals surface area contributed by atoms with Crippen LogP contribution in [0.25, 0.3) is 0 Å². The van der Waals surface area contributed by atoms with Gasteiger partial charge in [0.1, 0.15) is 11.1 Å². The third-order valence-electron chi connectivity index (χ3n) is 4.17. The van der Waals surface area contributed by atoms with Crippen LogP contribution in [0, 0.1) is 0 Å². The van der Waals surface area contributed by atoms with Crippen molar-refractivity contribution in [1.82, 2.24) is 4.90 Å². The highest BCUT2D eigenvalue weighted by Gasteiger charge is 2.29. The van der Waals surface area contributed by atoms with Crippen molar-refractivity contribution < 1.29 is 9.69 Å². The molecule has 1 N–H and O–H groups in total. The average Bonchev–Trinajstić information content (AvgIpc) is 2.62. The first-order valence-corrected chi connectivity index (χ1v) is 8.07. The molecule has 3 nitrogen and oxygen atoms in total. The van der Waals surface area contributed by atoms with Gasteiger partial charge in [0.2, 0.25) is 5.91 Å². The second kappa shape index (κ2) is 6.95. The number of benzene rings is 2. The molecule has 1 heterocycles. The van der Waals surface area contributed by atoms with E-state index in [0.29, 0.717) is 0 Å². The number of carbonyl (C=O) groups is 1. The average molecular weight is 316 g/mol. The number of piperazine rings is 1. The predicted molar refractivity (Wildman–Crippen MR) is 88.4 cm³/mol. The molecule has 1 unspecified atom stereocenters. The Balaban J connectivity index is 1.60. The summed E-state index contributed by atoms with van der Waals surface area (Å²) >= 11 is 6.35. The van der Waals surface area contributed by atoms with Gasteiger partial charge < -0.3 is 4.90 Å². The lowest BCUT2D eigenvalue weighted by atomic mass is 10.1. The Hall–Kier alpha value is -1.84. The van der Waals surface area contributed by atoms with E-state index in [1.807, 2.05) is 41.3 Å². The van der Waals surface area contributed by atoms with Crippen LogP contribution in [0.4, 0.5) is 5.69 Å². The third kappa shape index (κ3) is 3.32. The summed E-state index contributed by atoms with van der Waals surface area (Å²) in [5, 5.41) is -0.584. The summed E-state index contributed by atoms with van der Waals surface area (Å²) in [7, 11) is 0. The smallest absolute Gasteiger partial charge is 0.245 e. The zero-order valence-electron chi connectivity index (χ0n) is 12.4. The highest BCUT2D eigenvalue weighted by Crippen LogP contribution is 2.22. The summed E-state index contributed by atoms with van der Waals surface area (Å²) in [6.45, 7) is 3.35. The molecule has 0 radical (unpaired) electrons. The molecule has 114 valence electrons. The van der Waals surface area contributed by atoms with Gasteiger partial charge in [-0.25, -0.2) is 0 Å². The molecule has 1 aliphatic heterocycles. The van der Waals surface area contributed by atoms with E-state index >= 15 is 0 Å². The fourth-order valence-corrected chi connectivity index (χ4v) is 3.17. The van der Waals surface area contributed by atoms with Crippen molar-refractivity contribution in [2.24, 2.45) is 0 Å². The highest BCUT2D eigenvalue weighted by molar-refractivity contribution is 6.30. The van der Waals surface area contributed by atoms with Crippen LogP contribution in [0.5, 0.6) is 0 Å². The number of quaternary nitrogens is 1. The maximum Gasteiger partial charge on any atom is 0.245 e. The molecule has 3 rings (SSSR count). The van der Waals surface area contributed by atoms with E-state index in [2.05, 4.69) is 24.3 Å². The Labute approximate surface area is 136 Å². The van der Waals surface area contributed by atoms with E-state index in [-0.39, 0.29) is 5.91 Å². The largest absolute Gasteiger partial charge is 0.330 e. The van der Waals surface area contributed by atoms with Gasteiger partial charge in [0, 0.05) is 0 Å². The Kier molecular flexibility index (Phi) is 4.76. The molecule has 1 atom stereocenters. The second-order valence-corrected chi connectivity index (χ2v) is 6.00. The first-order chi connectivity index (χ1) is 10.8. The van der Waals surface area contributed by atoms with Crippen LogP contribution in [0.1, 0.15) is 10.9 Å². The third-order valence-corrected chi connectivity index (χ3v) is 4.61. The Bertz CT molecular complexity index is 609. The number of hydrogen-bond acceptors (Lipinski definition) is 1. The van der Waals surface area contributed by atoms with Gasteiger partial charge in [-0.05, 0) is 17.7 Å². The Morgan fingerprint density at radius 1 is 0.955 bits per heavy atom. The highest BCUT2D eigenvalue weighted by atomic mass is 35.5. The van der Waals surface area contributed by atoms with Gasteiger partial charge in [0.25, 0.3) is 0 Å². The minimum atomic E-state index is -0.584. The van der Waals surface area contributed by atoms with Crippen molar-refractivity contribution in [2.75, 3.05) is 26.2 Å². The molecule has 0 bridgehead atoms. The lowest BCUT2D eigenvalue weighted by Gasteiger charge is -2.33. The predicted octanol–water partition coefficient (Wildman–Crippen LogP) is 2.03. The first-order valence-electron chi connectivity index (χ1n) is 7.63. The maximum atomic E-state index is 12.5. The van der Waals surface area contributed by atoms with Crippen molar-refractivity contribution in [3.05, 3.63) is 66.2 Å². The van der Waals surface area contributed by atoms with Crippen molar-refractivity contribution in [1.29, 1.82) is 0 Å². The molecule has 1 aliphatic rings. The molecule has 0 aromatic heterocycles. The maximum absolute atomic E-state index is 12.5. The van der Waals surface area contributed by atoms with Crippen molar-refractivity contribution in [3.8, 4) is 0 Å². The summed E-state index contributed by atoms with van der Waals surface area (Å²) in [6, 6.07) is 20.0. The van der Waals surface area contributed by atoms with Crippen molar-refractivity contribution in [3.63, 3.8) is 0 Å². The number of hydrogen-bond donors (Lipinski definition) is 1. The summed E-state index contributed by atoms with van der Waals surface area (Å²) in [5.41, 5.74) is 2.16. The molecule has 0 aliphatic carbocycles. The van der Waals surface area contributed by atoms with Crippen LogP contribution in [0.15, 0.2) is 60.7 Å². The summed E-state index contributed by atoms with van der Waals surface area (Å²) in [5.74, 6) is 0.0139. The van der Waals surface area contributed by atoms with E-state index in [1.165, 1.54) is 10.6 Å². The second-order valence-electron chi connectivity index (χ2n) is 5.57. The van der Waals surface area contributed by atoms with E-state index in [9.17, 15) is 4.79 Å². The SMILES string of the molecule is O=C(C(Cl)c1ccccc1)N1CC[NH+](c2ccccc2)CC1. The van der Waals surface area contributed by atoms with Crippen LogP contribution in [-0.2, 0) is 4.79 Å². The topological polar surface area (TPSA) is 24.8 Å². The Morgan fingerprint density at radius 3 is 2.09 bits per heavy atom. The summed E-state index contributed by atoms with van der Waals surface area (Å²) in [4.78, 5) is 15.8. The number of nitrogens with one attached hydrogen (secondary N) is 1. The minimum Gasteiger partial charge on any atom is -0.330 e. The van der Waals surface area contributed by atoms with Gasteiger partial charge >= 0.3 is 0 Å². The summed E-state index contributed by atoms with van der Waals surface area (Å²) in [6.07, 6.45) is 0. The van der Waals surface area contributed by atoms with Gasteiger partial charge in [0.15, 0.2) is 0 Å². The zero-order valence-corrected chi connectivity index (χ0v) is 13.2. The van der Waals surface area contributed by atoms with Gasteiger partial charge in [-0.3, -0.25) is 9.69 Å². The van der Waals surface area contributed by atoms with Crippen LogP contribution < -0.4 is 4.90 Å². The van der Waals surface area contributed by atoms with Gasteiger partial charge in [-0.1, -0.05) is 48.5 Å². The molecule has 2 aromatic rings. The molecule has 1 amide bonds. The first kappa shape index (κ1) is 15.1. The minimum absolute atomic E-state index is 0.0139. The molecular weight excluding hydrogens is 296 g/mol. The number of para-hydroxylation sites is 1. The normalized spacial score (nSPS) is 17.2.